The molecule has 4 rings (SSSR count). The summed E-state index contributed by atoms with van der Waals surface area (Å²) in [6.07, 6.45) is 0. The number of rotatable bonds is 9. The standard InChI is InChI=1S/C29H25N3O4S2/c1-18(27(33)32-29-22(16-30)23(17-37-29)19-9-5-4-6-10-19)38-21-12-7-11-20(15-21)31-28(34)26-24(35-2)13-8-14-25(26)36-3/h4-15,17-18H,1-3H3,(H,31,34)(H,32,33). The molecule has 3 aromatic carbocycles. The number of ether oxygens (including phenoxy) is 2. The van der Waals surface area contributed by atoms with Crippen LogP contribution in [0.25, 0.3) is 11.1 Å². The van der Waals surface area contributed by atoms with Crippen molar-refractivity contribution in [3.05, 3.63) is 89.3 Å². The van der Waals surface area contributed by atoms with Gasteiger partial charge in [0.25, 0.3) is 5.91 Å². The molecule has 0 aliphatic carbocycles. The van der Waals surface area contributed by atoms with Gasteiger partial charge in [-0.1, -0.05) is 42.5 Å². The van der Waals surface area contributed by atoms with Crippen molar-refractivity contribution in [2.75, 3.05) is 24.9 Å². The second kappa shape index (κ2) is 12.3. The topological polar surface area (TPSA) is 100 Å². The average molecular weight is 544 g/mol. The Bertz CT molecular complexity index is 1470. The monoisotopic (exact) mass is 543 g/mol. The van der Waals surface area contributed by atoms with E-state index in [-0.39, 0.29) is 11.8 Å². The van der Waals surface area contributed by atoms with Crippen LogP contribution >= 0.6 is 23.1 Å². The second-order valence-electron chi connectivity index (χ2n) is 8.10. The lowest BCUT2D eigenvalue weighted by Gasteiger charge is -2.14. The van der Waals surface area contributed by atoms with Crippen LogP contribution in [0.5, 0.6) is 11.5 Å². The Balaban J connectivity index is 1.45. The predicted molar refractivity (Wildman–Crippen MR) is 152 cm³/mol. The van der Waals surface area contributed by atoms with Gasteiger partial charge in [-0.15, -0.1) is 23.1 Å². The molecule has 0 spiro atoms. The summed E-state index contributed by atoms with van der Waals surface area (Å²) in [4.78, 5) is 26.8. The molecule has 0 saturated heterocycles. The fraction of sp³-hybridized carbons (Fsp3) is 0.138. The normalized spacial score (nSPS) is 11.2. The Morgan fingerprint density at radius 3 is 2.29 bits per heavy atom. The van der Waals surface area contributed by atoms with E-state index in [2.05, 4.69) is 16.7 Å². The van der Waals surface area contributed by atoms with Crippen LogP contribution < -0.4 is 20.1 Å². The number of nitrogens with zero attached hydrogens (tertiary/aromatic N) is 1. The molecule has 0 aliphatic rings. The summed E-state index contributed by atoms with van der Waals surface area (Å²) in [7, 11) is 2.99. The van der Waals surface area contributed by atoms with Gasteiger partial charge in [-0.25, -0.2) is 0 Å². The Hall–Kier alpha value is -4.26. The number of nitriles is 1. The Labute approximate surface area is 229 Å². The Morgan fingerprint density at radius 2 is 1.63 bits per heavy atom. The molecule has 1 heterocycles. The number of methoxy groups -OCH3 is 2. The van der Waals surface area contributed by atoms with Crippen LogP contribution in [-0.2, 0) is 4.79 Å². The fourth-order valence-corrected chi connectivity index (χ4v) is 5.63. The number of benzene rings is 3. The van der Waals surface area contributed by atoms with Crippen LogP contribution in [-0.4, -0.2) is 31.3 Å². The minimum absolute atomic E-state index is 0.221. The van der Waals surface area contributed by atoms with Crippen molar-refractivity contribution in [3.8, 4) is 28.7 Å². The third kappa shape index (κ3) is 5.99. The highest BCUT2D eigenvalue weighted by Gasteiger charge is 2.21. The van der Waals surface area contributed by atoms with Crippen molar-refractivity contribution in [2.45, 2.75) is 17.1 Å². The SMILES string of the molecule is COc1cccc(OC)c1C(=O)Nc1cccc(SC(C)C(=O)Nc2scc(-c3ccccc3)c2C#N)c1. The number of hydrogen-bond acceptors (Lipinski definition) is 7. The van der Waals surface area contributed by atoms with Crippen molar-refractivity contribution >= 4 is 45.6 Å². The molecule has 1 atom stereocenters. The van der Waals surface area contributed by atoms with Gasteiger partial charge in [-0.3, -0.25) is 9.59 Å². The Kier molecular flexibility index (Phi) is 8.69. The minimum Gasteiger partial charge on any atom is -0.496 e. The van der Waals surface area contributed by atoms with Crippen LogP contribution in [0.3, 0.4) is 0 Å². The van der Waals surface area contributed by atoms with Crippen LogP contribution in [0.4, 0.5) is 10.7 Å². The molecule has 2 N–H and O–H groups in total. The lowest BCUT2D eigenvalue weighted by atomic mass is 10.1. The highest BCUT2D eigenvalue weighted by molar-refractivity contribution is 8.00. The predicted octanol–water partition coefficient (Wildman–Crippen LogP) is 6.68. The van der Waals surface area contributed by atoms with Gasteiger partial charge >= 0.3 is 0 Å². The van der Waals surface area contributed by atoms with Crippen molar-refractivity contribution < 1.29 is 19.1 Å². The molecule has 0 saturated carbocycles. The highest BCUT2D eigenvalue weighted by Crippen LogP contribution is 2.36. The maximum Gasteiger partial charge on any atom is 0.263 e. The quantitative estimate of drug-likeness (QED) is 0.229. The first-order chi connectivity index (χ1) is 18.4. The highest BCUT2D eigenvalue weighted by atomic mass is 32.2. The van der Waals surface area contributed by atoms with Gasteiger partial charge < -0.3 is 20.1 Å². The number of anilines is 2. The molecule has 1 aromatic heterocycles. The van der Waals surface area contributed by atoms with Gasteiger partial charge in [0, 0.05) is 21.5 Å². The molecule has 7 nitrogen and oxygen atoms in total. The van der Waals surface area contributed by atoms with E-state index >= 15 is 0 Å². The Morgan fingerprint density at radius 1 is 0.947 bits per heavy atom. The molecule has 0 radical (unpaired) electrons. The van der Waals surface area contributed by atoms with Crippen molar-refractivity contribution in [3.63, 3.8) is 0 Å². The number of thiophene rings is 1. The third-order valence-electron chi connectivity index (χ3n) is 5.65. The van der Waals surface area contributed by atoms with Gasteiger partial charge in [0.1, 0.15) is 28.1 Å². The van der Waals surface area contributed by atoms with Crippen molar-refractivity contribution in [1.82, 2.24) is 0 Å². The van der Waals surface area contributed by atoms with Crippen LogP contribution in [0.15, 0.2) is 83.1 Å². The van der Waals surface area contributed by atoms with Gasteiger partial charge in [0.2, 0.25) is 5.91 Å². The molecule has 192 valence electrons. The lowest BCUT2D eigenvalue weighted by Crippen LogP contribution is -2.22. The summed E-state index contributed by atoms with van der Waals surface area (Å²) in [5.74, 6) is 0.209. The molecular weight excluding hydrogens is 518 g/mol. The maximum absolute atomic E-state index is 13.0. The van der Waals surface area contributed by atoms with Crippen molar-refractivity contribution in [2.24, 2.45) is 0 Å². The molecule has 0 aliphatic heterocycles. The van der Waals surface area contributed by atoms with E-state index in [9.17, 15) is 14.9 Å². The average Bonchev–Trinajstić information content (AvgIpc) is 3.35. The molecule has 9 heteroatoms. The number of thioether (sulfide) groups is 1. The summed E-state index contributed by atoms with van der Waals surface area (Å²) in [5.41, 5.74) is 3.03. The zero-order valence-corrected chi connectivity index (χ0v) is 22.6. The van der Waals surface area contributed by atoms with E-state index in [0.29, 0.717) is 33.3 Å². The van der Waals surface area contributed by atoms with E-state index in [1.54, 1.807) is 43.3 Å². The third-order valence-corrected chi connectivity index (χ3v) is 7.64. The fourth-order valence-electron chi connectivity index (χ4n) is 3.78. The van der Waals surface area contributed by atoms with Crippen LogP contribution in [0, 0.1) is 11.3 Å². The first-order valence-electron chi connectivity index (χ1n) is 11.6. The zero-order chi connectivity index (χ0) is 27.1. The second-order valence-corrected chi connectivity index (χ2v) is 10.4. The molecule has 0 bridgehead atoms. The van der Waals surface area contributed by atoms with E-state index in [0.717, 1.165) is 16.0 Å². The number of carbonyl (C=O) groups excluding carboxylic acids is 2. The molecule has 38 heavy (non-hydrogen) atoms. The zero-order valence-electron chi connectivity index (χ0n) is 21.0. The summed E-state index contributed by atoms with van der Waals surface area (Å²) in [6, 6.07) is 24.2. The van der Waals surface area contributed by atoms with E-state index in [4.69, 9.17) is 9.47 Å². The van der Waals surface area contributed by atoms with E-state index in [1.165, 1.54) is 37.3 Å². The lowest BCUT2D eigenvalue weighted by molar-refractivity contribution is -0.115. The van der Waals surface area contributed by atoms with Crippen molar-refractivity contribution in [1.29, 1.82) is 5.26 Å². The van der Waals surface area contributed by atoms with Gasteiger partial charge in [0.05, 0.1) is 25.0 Å². The number of nitrogens with one attached hydrogen (secondary N) is 2. The number of hydrogen-bond donors (Lipinski definition) is 2. The smallest absolute Gasteiger partial charge is 0.263 e. The summed E-state index contributed by atoms with van der Waals surface area (Å²) in [5, 5.41) is 17.5. The number of amides is 2. The minimum atomic E-state index is -0.455. The van der Waals surface area contributed by atoms with E-state index < -0.39 is 5.25 Å². The maximum atomic E-state index is 13.0. The summed E-state index contributed by atoms with van der Waals surface area (Å²) < 4.78 is 10.7. The summed E-state index contributed by atoms with van der Waals surface area (Å²) >= 11 is 2.68. The van der Waals surface area contributed by atoms with Gasteiger partial charge in [0.15, 0.2) is 0 Å². The molecular formula is C29H25N3O4S2. The number of carbonyl (C=O) groups is 2. The first kappa shape index (κ1) is 26.8. The molecule has 0 fully saturated rings. The van der Waals surface area contributed by atoms with Gasteiger partial charge in [-0.2, -0.15) is 5.26 Å². The largest absolute Gasteiger partial charge is 0.496 e. The van der Waals surface area contributed by atoms with E-state index in [1.807, 2.05) is 41.8 Å². The summed E-state index contributed by atoms with van der Waals surface area (Å²) in [6.45, 7) is 1.79. The van der Waals surface area contributed by atoms with Crippen LogP contribution in [0.2, 0.25) is 0 Å². The first-order valence-corrected chi connectivity index (χ1v) is 13.4. The molecule has 2 amide bonds. The van der Waals surface area contributed by atoms with Gasteiger partial charge in [-0.05, 0) is 42.8 Å². The van der Waals surface area contributed by atoms with Crippen LogP contribution in [0.1, 0.15) is 22.8 Å². The molecule has 4 aromatic rings. The molecule has 1 unspecified atom stereocenters.